The number of thiophene rings is 1. The molecule has 1 saturated heterocycles. The van der Waals surface area contributed by atoms with Crippen molar-refractivity contribution in [3.05, 3.63) is 46.4 Å². The van der Waals surface area contributed by atoms with Gasteiger partial charge in [0, 0.05) is 29.3 Å². The maximum Gasteiger partial charge on any atom is 0.134 e. The smallest absolute Gasteiger partial charge is 0.134 e. The van der Waals surface area contributed by atoms with E-state index in [9.17, 15) is 0 Å². The van der Waals surface area contributed by atoms with Crippen LogP contribution in [0.25, 0.3) is 0 Å². The first-order chi connectivity index (χ1) is 16.1. The number of nitrogens with zero attached hydrogens (tertiary/aromatic N) is 1. The topological polar surface area (TPSA) is 43.4 Å². The molecule has 0 unspecified atom stereocenters. The molecule has 35 heavy (non-hydrogen) atoms. The minimum absolute atomic E-state index is 0.0739. The van der Waals surface area contributed by atoms with Gasteiger partial charge in [-0.15, -0.1) is 11.3 Å². The van der Waals surface area contributed by atoms with E-state index in [4.69, 9.17) is 14.5 Å². The first-order valence-corrected chi connectivity index (χ1v) is 14.0. The highest BCUT2D eigenvalue weighted by atomic mass is 32.1. The molecule has 1 aliphatic heterocycles. The van der Waals surface area contributed by atoms with E-state index < -0.39 is 0 Å². The molecule has 178 valence electrons. The SMILES string of the molecule is BC(B)(C[C@@]1(c2ccccn2)CC(B)(B)OC2(CC(B)(B)C(B)(B)C2)C1)NCc1sccc1OC. The summed E-state index contributed by atoms with van der Waals surface area (Å²) in [6.45, 7) is 0.803. The Bertz CT molecular complexity index is 1030. The highest BCUT2D eigenvalue weighted by Crippen LogP contribution is 2.66. The van der Waals surface area contributed by atoms with Crippen molar-refractivity contribution in [2.75, 3.05) is 7.11 Å². The Morgan fingerprint density at radius 3 is 2.31 bits per heavy atom. The van der Waals surface area contributed by atoms with E-state index in [1.165, 1.54) is 10.6 Å². The lowest BCUT2D eigenvalue weighted by Gasteiger charge is -2.56. The number of methoxy groups -OCH3 is 1. The quantitative estimate of drug-likeness (QED) is 0.418. The normalized spacial score (nSPS) is 26.4. The van der Waals surface area contributed by atoms with Crippen LogP contribution in [0.1, 0.15) is 42.7 Å². The lowest BCUT2D eigenvalue weighted by molar-refractivity contribution is -0.142. The summed E-state index contributed by atoms with van der Waals surface area (Å²) in [5, 5.41) is 6.11. The molecular weight excluding hydrogens is 443 g/mol. The van der Waals surface area contributed by atoms with Gasteiger partial charge in [-0.2, -0.15) is 0 Å². The lowest BCUT2D eigenvalue weighted by Crippen LogP contribution is -2.61. The second-order valence-electron chi connectivity index (χ2n) is 13.8. The zero-order valence-electron chi connectivity index (χ0n) is 23.4. The number of aromatic nitrogens is 1. The van der Waals surface area contributed by atoms with E-state index in [0.717, 1.165) is 44.4 Å². The third-order valence-corrected chi connectivity index (χ3v) is 9.82. The van der Waals surface area contributed by atoms with Gasteiger partial charge in [-0.1, -0.05) is 16.5 Å². The lowest BCUT2D eigenvalue weighted by atomic mass is 9.31. The van der Waals surface area contributed by atoms with Crippen LogP contribution in [0.4, 0.5) is 0 Å². The Kier molecular flexibility index (Phi) is 7.08. The molecule has 1 saturated carbocycles. The summed E-state index contributed by atoms with van der Waals surface area (Å²) in [5.74, 6) is 0.972. The average molecular weight is 481 g/mol. The maximum atomic E-state index is 7.07. The Hall–Kier alpha value is -0.911. The Balaban J connectivity index is 1.70. The fourth-order valence-electron chi connectivity index (χ4n) is 7.44. The molecule has 0 aromatic carbocycles. The first-order valence-electron chi connectivity index (χ1n) is 13.1. The van der Waals surface area contributed by atoms with Crippen molar-refractivity contribution in [3.8, 4) is 5.75 Å². The molecule has 4 nitrogen and oxygen atoms in total. The number of hydrogen-bond donors (Lipinski definition) is 1. The number of nitrogens with one attached hydrogen (secondary N) is 1. The molecule has 3 heterocycles. The van der Waals surface area contributed by atoms with Crippen LogP contribution in [0.5, 0.6) is 5.75 Å². The van der Waals surface area contributed by atoms with Gasteiger partial charge < -0.3 is 14.8 Å². The molecule has 0 radical (unpaired) electrons. The third-order valence-electron chi connectivity index (χ3n) is 8.92. The number of rotatable bonds is 7. The van der Waals surface area contributed by atoms with Crippen LogP contribution in [0.15, 0.2) is 35.8 Å². The monoisotopic (exact) mass is 482 g/mol. The fraction of sp³-hybridized carbons (Fsp3) is 0.591. The summed E-state index contributed by atoms with van der Waals surface area (Å²) < 4.78 is 12.6. The summed E-state index contributed by atoms with van der Waals surface area (Å²) in [6.07, 6.45) is 7.12. The zero-order valence-corrected chi connectivity index (χ0v) is 24.2. The van der Waals surface area contributed by atoms with E-state index in [0.29, 0.717) is 0 Å². The fourth-order valence-corrected chi connectivity index (χ4v) is 8.22. The van der Waals surface area contributed by atoms with Crippen LogP contribution in [0, 0.1) is 0 Å². The van der Waals surface area contributed by atoms with E-state index in [-0.39, 0.29) is 32.2 Å². The predicted molar refractivity (Wildman–Crippen MR) is 170 cm³/mol. The summed E-state index contributed by atoms with van der Waals surface area (Å²) in [6, 6.07) is 8.49. The van der Waals surface area contributed by atoms with Crippen LogP contribution in [0.3, 0.4) is 0 Å². The standard InChI is InChI=1S/C22H38B8N2O2S/c1-33-14-5-7-35-15(14)8-32-21(27,28)10-17(16-4-2-3-6-31-16)9-18(34-22(29,30)11-17)12-19(23,24)20(25,26)13-18/h2-7,32H,8-13,23-30H2,1H3/t17-/m1/s1. The molecule has 0 amide bonds. The molecule has 13 heteroatoms. The van der Waals surface area contributed by atoms with Crippen molar-refractivity contribution < 1.29 is 9.47 Å². The van der Waals surface area contributed by atoms with Crippen molar-refractivity contribution in [2.45, 2.75) is 70.8 Å². The van der Waals surface area contributed by atoms with Crippen LogP contribution in [-0.4, -0.2) is 91.2 Å². The van der Waals surface area contributed by atoms with Crippen LogP contribution >= 0.6 is 11.3 Å². The van der Waals surface area contributed by atoms with Crippen LogP contribution < -0.4 is 10.1 Å². The molecule has 2 aromatic rings. The molecule has 1 spiro atoms. The van der Waals surface area contributed by atoms with Crippen molar-refractivity contribution in [1.29, 1.82) is 0 Å². The van der Waals surface area contributed by atoms with Crippen molar-refractivity contribution in [2.24, 2.45) is 0 Å². The van der Waals surface area contributed by atoms with Crippen molar-refractivity contribution >= 4 is 74.1 Å². The molecule has 1 atom stereocenters. The van der Waals surface area contributed by atoms with Crippen molar-refractivity contribution in [3.63, 3.8) is 0 Å². The predicted octanol–water partition coefficient (Wildman–Crippen LogP) is -3.48. The van der Waals surface area contributed by atoms with E-state index in [1.807, 2.05) is 12.3 Å². The average Bonchev–Trinajstić information content (AvgIpc) is 3.24. The van der Waals surface area contributed by atoms with Gasteiger partial charge in [0.1, 0.15) is 37.1 Å². The van der Waals surface area contributed by atoms with Gasteiger partial charge in [-0.05, 0) is 61.0 Å². The minimum Gasteiger partial charge on any atom is -0.496 e. The first kappa shape index (κ1) is 27.1. The summed E-state index contributed by atoms with van der Waals surface area (Å²) in [7, 11) is 20.7. The molecule has 2 fully saturated rings. The molecule has 1 N–H and O–H groups in total. The van der Waals surface area contributed by atoms with Crippen LogP contribution in [0.2, 0.25) is 10.4 Å². The van der Waals surface area contributed by atoms with Gasteiger partial charge in [-0.3, -0.25) is 4.98 Å². The van der Waals surface area contributed by atoms with E-state index in [1.54, 1.807) is 18.4 Å². The number of hydrogen-bond acceptors (Lipinski definition) is 5. The number of pyridine rings is 1. The van der Waals surface area contributed by atoms with Gasteiger partial charge >= 0.3 is 0 Å². The summed E-state index contributed by atoms with van der Waals surface area (Å²) in [5.41, 5.74) is 0.997. The van der Waals surface area contributed by atoms with Gasteiger partial charge in [0.15, 0.2) is 0 Å². The Morgan fingerprint density at radius 1 is 1.03 bits per heavy atom. The van der Waals surface area contributed by atoms with Gasteiger partial charge in [0.25, 0.3) is 0 Å². The van der Waals surface area contributed by atoms with Crippen LogP contribution in [-0.2, 0) is 16.7 Å². The molecule has 4 rings (SSSR count). The molecule has 2 aliphatic rings. The number of ether oxygens (including phenoxy) is 2. The Morgan fingerprint density at radius 2 is 1.71 bits per heavy atom. The zero-order chi connectivity index (χ0) is 25.8. The maximum absolute atomic E-state index is 7.07. The Labute approximate surface area is 223 Å². The summed E-state index contributed by atoms with van der Waals surface area (Å²) in [4.78, 5) is 6.23. The third kappa shape index (κ3) is 5.52. The van der Waals surface area contributed by atoms with E-state index in [2.05, 4.69) is 91.7 Å². The second-order valence-corrected chi connectivity index (χ2v) is 14.8. The second kappa shape index (κ2) is 9.13. The highest BCUT2D eigenvalue weighted by molar-refractivity contribution is 7.10. The molecule has 1 aliphatic carbocycles. The van der Waals surface area contributed by atoms with E-state index >= 15 is 0 Å². The minimum atomic E-state index is -0.223. The molecule has 0 bridgehead atoms. The van der Waals surface area contributed by atoms with Gasteiger partial charge in [-0.25, -0.2) is 0 Å². The van der Waals surface area contributed by atoms with Gasteiger partial charge in [0.05, 0.1) is 49.0 Å². The van der Waals surface area contributed by atoms with Crippen molar-refractivity contribution in [1.82, 2.24) is 10.3 Å². The molecule has 2 aromatic heterocycles. The van der Waals surface area contributed by atoms with Gasteiger partial charge in [0.2, 0.25) is 0 Å². The largest absolute Gasteiger partial charge is 0.496 e. The highest BCUT2D eigenvalue weighted by Gasteiger charge is 2.61. The molecular formula is C22H38B8N2O2S. The summed E-state index contributed by atoms with van der Waals surface area (Å²) >= 11 is 1.75.